The lowest BCUT2D eigenvalue weighted by Crippen LogP contribution is -2.48. The molecule has 0 radical (unpaired) electrons. The molecular weight excluding hydrogens is 457 g/mol. The predicted molar refractivity (Wildman–Crippen MR) is 136 cm³/mol. The molecule has 36 heavy (non-hydrogen) atoms. The average Bonchev–Trinajstić information content (AvgIpc) is 3.15. The molecule has 3 aliphatic rings. The summed E-state index contributed by atoms with van der Waals surface area (Å²) in [6.45, 7) is 4.28. The highest BCUT2D eigenvalue weighted by Gasteiger charge is 2.53. The van der Waals surface area contributed by atoms with E-state index in [2.05, 4.69) is 34.7 Å². The summed E-state index contributed by atoms with van der Waals surface area (Å²) in [6, 6.07) is 10.7. The van der Waals surface area contributed by atoms with Crippen LogP contribution in [0.4, 0.5) is 9.18 Å². The number of alkyl carbamates (subject to hydrolysis) is 1. The van der Waals surface area contributed by atoms with Crippen LogP contribution in [0.2, 0.25) is 0 Å². The molecule has 2 aliphatic carbocycles. The molecular formula is C29H34FN3O3. The van der Waals surface area contributed by atoms with Crippen LogP contribution in [0.5, 0.6) is 0 Å². The molecule has 2 amide bonds. The zero-order valence-electron chi connectivity index (χ0n) is 20.8. The molecule has 0 bridgehead atoms. The Morgan fingerprint density at radius 3 is 2.83 bits per heavy atom. The second-order valence-electron chi connectivity index (χ2n) is 10.4. The second kappa shape index (κ2) is 10.4. The number of nitrogens with zero attached hydrogens (tertiary/aromatic N) is 1. The first kappa shape index (κ1) is 24.5. The Kier molecular flexibility index (Phi) is 7.08. The Bertz CT molecular complexity index is 1130. The zero-order chi connectivity index (χ0) is 25.2. The van der Waals surface area contributed by atoms with Crippen LogP contribution in [0.15, 0.2) is 48.7 Å². The number of hydrogen-bond acceptors (Lipinski definition) is 4. The number of carbonyl (C=O) groups excluding carboxylic acids is 2. The first-order chi connectivity index (χ1) is 17.4. The Morgan fingerprint density at radius 2 is 2.08 bits per heavy atom. The molecule has 1 aromatic heterocycles. The van der Waals surface area contributed by atoms with E-state index in [1.807, 2.05) is 18.2 Å². The molecule has 7 atom stereocenters. The van der Waals surface area contributed by atoms with Gasteiger partial charge in [-0.3, -0.25) is 9.78 Å². The Labute approximate surface area is 211 Å². The van der Waals surface area contributed by atoms with Gasteiger partial charge < -0.3 is 15.4 Å². The van der Waals surface area contributed by atoms with E-state index in [4.69, 9.17) is 4.74 Å². The molecule has 1 aliphatic heterocycles. The zero-order valence-corrected chi connectivity index (χ0v) is 20.8. The average molecular weight is 492 g/mol. The Hall–Kier alpha value is -3.22. The number of halogens is 1. The van der Waals surface area contributed by atoms with Crippen molar-refractivity contribution >= 4 is 18.1 Å². The minimum Gasteiger partial charge on any atom is -0.450 e. The molecule has 2 aromatic rings. The number of pyridine rings is 1. The molecule has 3 fully saturated rings. The Balaban J connectivity index is 1.34. The molecule has 190 valence electrons. The van der Waals surface area contributed by atoms with Crippen molar-refractivity contribution in [1.29, 1.82) is 0 Å². The number of hydrogen-bond donors (Lipinski definition) is 2. The normalized spacial score (nSPS) is 31.4. The summed E-state index contributed by atoms with van der Waals surface area (Å²) < 4.78 is 18.7. The van der Waals surface area contributed by atoms with E-state index in [0.29, 0.717) is 18.4 Å². The number of allylic oxidation sites excluding steroid dienone is 1. The number of aromatic nitrogens is 1. The van der Waals surface area contributed by atoms with E-state index in [1.165, 1.54) is 12.1 Å². The van der Waals surface area contributed by atoms with Crippen molar-refractivity contribution in [3.05, 3.63) is 60.2 Å². The number of carbonyl (C=O) groups is 2. The third kappa shape index (κ3) is 5.01. The van der Waals surface area contributed by atoms with Gasteiger partial charge in [0, 0.05) is 29.8 Å². The first-order valence-electron chi connectivity index (χ1n) is 13.1. The monoisotopic (exact) mass is 491 g/mol. The fraction of sp³-hybridized carbons (Fsp3) is 0.483. The number of ether oxygens (including phenoxy) is 1. The number of fused-ring (bicyclic) bond motifs is 2. The van der Waals surface area contributed by atoms with Gasteiger partial charge in [-0.25, -0.2) is 9.18 Å². The van der Waals surface area contributed by atoms with Gasteiger partial charge in [0.05, 0.1) is 12.3 Å². The lowest BCUT2D eigenvalue weighted by Gasteiger charge is -2.48. The number of rotatable bonds is 5. The van der Waals surface area contributed by atoms with Gasteiger partial charge in [-0.2, -0.15) is 0 Å². The summed E-state index contributed by atoms with van der Waals surface area (Å²) in [7, 11) is 0. The van der Waals surface area contributed by atoms with E-state index in [0.717, 1.165) is 42.5 Å². The van der Waals surface area contributed by atoms with Crippen molar-refractivity contribution in [2.45, 2.75) is 51.6 Å². The molecule has 7 heteroatoms. The van der Waals surface area contributed by atoms with Gasteiger partial charge in [-0.05, 0) is 93.0 Å². The predicted octanol–water partition coefficient (Wildman–Crippen LogP) is 5.20. The van der Waals surface area contributed by atoms with E-state index in [-0.39, 0.29) is 47.7 Å². The van der Waals surface area contributed by atoms with Crippen LogP contribution in [-0.2, 0) is 9.53 Å². The van der Waals surface area contributed by atoms with Gasteiger partial charge in [-0.15, -0.1) is 0 Å². The van der Waals surface area contributed by atoms with Crippen molar-refractivity contribution in [2.24, 2.45) is 29.6 Å². The van der Waals surface area contributed by atoms with Gasteiger partial charge in [0.15, 0.2) is 0 Å². The third-order valence-electron chi connectivity index (χ3n) is 8.32. The molecule has 6 nitrogen and oxygen atoms in total. The third-order valence-corrected chi connectivity index (χ3v) is 8.32. The van der Waals surface area contributed by atoms with Crippen molar-refractivity contribution in [2.75, 3.05) is 6.61 Å². The van der Waals surface area contributed by atoms with E-state index in [9.17, 15) is 14.0 Å². The van der Waals surface area contributed by atoms with Gasteiger partial charge in [-0.1, -0.05) is 24.3 Å². The highest BCUT2D eigenvalue weighted by atomic mass is 19.1. The van der Waals surface area contributed by atoms with Gasteiger partial charge in [0.2, 0.25) is 5.91 Å². The van der Waals surface area contributed by atoms with Gasteiger partial charge in [0.25, 0.3) is 0 Å². The van der Waals surface area contributed by atoms with Crippen LogP contribution >= 0.6 is 0 Å². The van der Waals surface area contributed by atoms with Crippen LogP contribution in [0.25, 0.3) is 17.2 Å². The highest BCUT2D eigenvalue weighted by Crippen LogP contribution is 2.52. The smallest absolute Gasteiger partial charge is 0.407 e. The van der Waals surface area contributed by atoms with Crippen LogP contribution in [0.1, 0.15) is 45.2 Å². The quantitative estimate of drug-likeness (QED) is 0.602. The van der Waals surface area contributed by atoms with Crippen LogP contribution in [0, 0.1) is 35.4 Å². The van der Waals surface area contributed by atoms with Gasteiger partial charge in [0.1, 0.15) is 5.82 Å². The van der Waals surface area contributed by atoms with Crippen LogP contribution in [-0.4, -0.2) is 35.7 Å². The number of amides is 2. The molecule has 2 N–H and O–H groups in total. The topological polar surface area (TPSA) is 80.3 Å². The lowest BCUT2D eigenvalue weighted by molar-refractivity contribution is -0.125. The maximum atomic E-state index is 13.6. The maximum Gasteiger partial charge on any atom is 0.407 e. The number of nitrogens with one attached hydrogen (secondary N) is 2. The van der Waals surface area contributed by atoms with E-state index >= 15 is 0 Å². The molecule has 5 rings (SSSR count). The molecule has 1 aromatic carbocycles. The molecule has 2 heterocycles. The summed E-state index contributed by atoms with van der Waals surface area (Å²) in [5.74, 6) is 1.25. The molecule has 1 saturated heterocycles. The number of benzene rings is 1. The fourth-order valence-electron chi connectivity index (χ4n) is 6.79. The second-order valence-corrected chi connectivity index (χ2v) is 10.4. The molecule has 0 unspecified atom stereocenters. The summed E-state index contributed by atoms with van der Waals surface area (Å²) in [5, 5.41) is 6.19. The van der Waals surface area contributed by atoms with Crippen molar-refractivity contribution in [1.82, 2.24) is 15.6 Å². The minimum absolute atomic E-state index is 0.000514. The first-order valence-corrected chi connectivity index (χ1v) is 13.1. The summed E-state index contributed by atoms with van der Waals surface area (Å²) in [6.07, 6.45) is 9.41. The lowest BCUT2D eigenvalue weighted by atomic mass is 9.57. The molecule has 0 spiro atoms. The summed E-state index contributed by atoms with van der Waals surface area (Å²) in [4.78, 5) is 29.4. The van der Waals surface area contributed by atoms with Crippen LogP contribution < -0.4 is 10.6 Å². The SMILES string of the molecule is CCOC(=O)N[C@@H]1CC[C@@H]2[C@@H](C1)C[C@H]1C(=O)N[C@H](C)[C@H]1[C@H]2C=Cc1ccc(-c2cccc(F)c2)cn1. The van der Waals surface area contributed by atoms with E-state index in [1.54, 1.807) is 19.2 Å². The maximum absolute atomic E-state index is 13.6. The van der Waals surface area contributed by atoms with Crippen molar-refractivity contribution in [3.8, 4) is 11.1 Å². The standard InChI is InChI=1S/C29H34FN3O3/c1-3-36-29(35)33-23-10-11-24-20(14-23)15-26-27(17(2)32-28(26)34)25(24)12-9-22-8-7-19(16-31-22)18-5-4-6-21(30)13-18/h4-9,12-13,16-17,20,23-27H,3,10-11,14-15H2,1-2H3,(H,32,34)(H,33,35)/t17-,20+,23-,24-,25+,26-,27+/m1/s1. The van der Waals surface area contributed by atoms with Crippen molar-refractivity contribution in [3.63, 3.8) is 0 Å². The largest absolute Gasteiger partial charge is 0.450 e. The summed E-state index contributed by atoms with van der Waals surface area (Å²) in [5.41, 5.74) is 2.51. The summed E-state index contributed by atoms with van der Waals surface area (Å²) >= 11 is 0. The van der Waals surface area contributed by atoms with E-state index < -0.39 is 0 Å². The Morgan fingerprint density at radius 1 is 1.22 bits per heavy atom. The van der Waals surface area contributed by atoms with Gasteiger partial charge >= 0.3 is 6.09 Å². The van der Waals surface area contributed by atoms with Crippen molar-refractivity contribution < 1.29 is 18.7 Å². The van der Waals surface area contributed by atoms with Crippen LogP contribution in [0.3, 0.4) is 0 Å². The highest BCUT2D eigenvalue weighted by molar-refractivity contribution is 5.82. The fourth-order valence-corrected chi connectivity index (χ4v) is 6.79. The molecule has 2 saturated carbocycles. The minimum atomic E-state index is -0.355.